The summed E-state index contributed by atoms with van der Waals surface area (Å²) in [5.74, 6) is -0.944. The van der Waals surface area contributed by atoms with E-state index in [0.717, 1.165) is 128 Å². The number of methoxy groups -OCH3 is 1. The number of hydrogen-bond donors (Lipinski definition) is 8. The molecule has 2 rings (SSSR count). The highest BCUT2D eigenvalue weighted by Crippen LogP contribution is 2.41. The minimum atomic E-state index is -5.32. The van der Waals surface area contributed by atoms with Crippen molar-refractivity contribution >= 4 is 19.6 Å². The normalized spacial score (nSPS) is 23.6. The maximum atomic E-state index is 13.9. The lowest BCUT2D eigenvalue weighted by Crippen LogP contribution is -2.67. The molecule has 0 bridgehead atoms. The molecule has 0 spiro atoms. The second kappa shape index (κ2) is 52.1. The summed E-state index contributed by atoms with van der Waals surface area (Å²) in [7, 11) is -3.65. The van der Waals surface area contributed by atoms with Gasteiger partial charge < -0.3 is 69.3 Å². The molecule has 0 radical (unpaired) electrons. The van der Waals surface area contributed by atoms with Crippen molar-refractivity contribution in [2.75, 3.05) is 33.5 Å². The molecular formula is C66H127N2O16P. The number of phosphoric acid groups is 1. The minimum absolute atomic E-state index is 0.000506. The Morgan fingerprint density at radius 2 is 0.965 bits per heavy atom. The molecule has 0 aliphatic carbocycles. The van der Waals surface area contributed by atoms with Gasteiger partial charge in [0, 0.05) is 33.4 Å². The van der Waals surface area contributed by atoms with E-state index in [0.29, 0.717) is 25.7 Å². The van der Waals surface area contributed by atoms with Gasteiger partial charge in [0.05, 0.1) is 31.3 Å². The fourth-order valence-electron chi connectivity index (χ4n) is 11.6. The molecule has 0 saturated carbocycles. The summed E-state index contributed by atoms with van der Waals surface area (Å²) in [5, 5.41) is 51.0. The van der Waals surface area contributed by atoms with E-state index < -0.39 is 87.7 Å². The van der Waals surface area contributed by atoms with Gasteiger partial charge in [-0.1, -0.05) is 226 Å². The summed E-state index contributed by atoms with van der Waals surface area (Å²) in [4.78, 5) is 48.1. The van der Waals surface area contributed by atoms with Crippen molar-refractivity contribution in [3.05, 3.63) is 12.2 Å². The Balaban J connectivity index is 2.33. The van der Waals surface area contributed by atoms with Crippen LogP contribution in [-0.4, -0.2) is 149 Å². The molecule has 19 heteroatoms. The van der Waals surface area contributed by atoms with Gasteiger partial charge in [-0.05, 0) is 64.2 Å². The van der Waals surface area contributed by atoms with Crippen LogP contribution in [0.15, 0.2) is 12.2 Å². The minimum Gasteiger partial charge on any atom is -0.396 e. The molecule has 2 amide bonds. The van der Waals surface area contributed by atoms with Crippen LogP contribution in [-0.2, 0) is 47.1 Å². The molecule has 0 aromatic heterocycles. The van der Waals surface area contributed by atoms with E-state index >= 15 is 0 Å². The fourth-order valence-corrected chi connectivity index (χ4v) is 12.1. The number of nitrogens with one attached hydrogen (secondary N) is 2. The third kappa shape index (κ3) is 38.6. The van der Waals surface area contributed by atoms with E-state index in [1.807, 2.05) is 0 Å². The summed E-state index contributed by atoms with van der Waals surface area (Å²) in [6.07, 6.45) is 32.4. The Morgan fingerprint density at radius 1 is 0.529 bits per heavy atom. The van der Waals surface area contributed by atoms with Crippen molar-refractivity contribution in [3.8, 4) is 0 Å². The van der Waals surface area contributed by atoms with Crippen LogP contribution in [0.3, 0.4) is 0 Å². The van der Waals surface area contributed by atoms with E-state index in [1.165, 1.54) is 89.9 Å². The molecule has 18 nitrogen and oxygen atoms in total. The summed E-state index contributed by atoms with van der Waals surface area (Å²) in [6.45, 7) is 8.25. The number of ether oxygens (including phenoxy) is 6. The van der Waals surface area contributed by atoms with Gasteiger partial charge in [0.2, 0.25) is 11.8 Å². The molecule has 2 aliphatic rings. The summed E-state index contributed by atoms with van der Waals surface area (Å²) in [6, 6.07) is -2.52. The molecule has 2 heterocycles. The van der Waals surface area contributed by atoms with Crippen LogP contribution in [0.1, 0.15) is 291 Å². The maximum Gasteiger partial charge on any atom is 0.472 e. The number of rotatable bonds is 57. The number of allylic oxidation sites excluding steroid dienone is 2. The quantitative estimate of drug-likeness (QED) is 0.0160. The van der Waals surface area contributed by atoms with Crippen LogP contribution in [0.2, 0.25) is 0 Å². The Hall–Kier alpha value is -1.61. The molecule has 2 saturated heterocycles. The predicted molar refractivity (Wildman–Crippen MR) is 337 cm³/mol. The molecule has 3 unspecified atom stereocenters. The average Bonchev–Trinajstić information content (AvgIpc) is 2.88. The third-order valence-electron chi connectivity index (χ3n) is 16.8. The first-order chi connectivity index (χ1) is 41.2. The van der Waals surface area contributed by atoms with Crippen LogP contribution in [0.25, 0.3) is 0 Å². The molecule has 2 aliphatic heterocycles. The zero-order chi connectivity index (χ0) is 62.2. The number of amides is 2. The van der Waals surface area contributed by atoms with E-state index in [2.05, 4.69) is 50.5 Å². The van der Waals surface area contributed by atoms with Gasteiger partial charge in [-0.25, -0.2) is 4.57 Å². The zero-order valence-electron chi connectivity index (χ0n) is 54.1. The van der Waals surface area contributed by atoms with Crippen LogP contribution < -0.4 is 10.6 Å². The number of carbonyl (C=O) groups is 2. The number of aliphatic hydroxyl groups is 4. The average molecular weight is 1240 g/mol. The highest BCUT2D eigenvalue weighted by atomic mass is 31.2. The highest BCUT2D eigenvalue weighted by Gasteiger charge is 2.51. The number of carbonyl (C=O) groups excluding carboxylic acids is 2. The SMILES string of the molecule is CCCCCC/C=C\CCCCCCCCCC(=O)N[C@H]1[C@H](OC[C@H]2OC(OP(=O)(O)O)[C@H](NC(=O)CC(O)CCCCCCCCCCC)[C@@H](OCCCCCCCCCC)[C@@H]2O)O[C@H](CCO)[C@@H](O)[C@@H]1OCCC(CCCCCCC)OC. The lowest BCUT2D eigenvalue weighted by Gasteiger charge is -2.47. The van der Waals surface area contributed by atoms with Crippen molar-refractivity contribution in [2.45, 2.75) is 364 Å². The monoisotopic (exact) mass is 1230 g/mol. The van der Waals surface area contributed by atoms with Crippen molar-refractivity contribution in [1.82, 2.24) is 10.6 Å². The van der Waals surface area contributed by atoms with Gasteiger partial charge in [0.1, 0.15) is 42.6 Å². The highest BCUT2D eigenvalue weighted by molar-refractivity contribution is 7.46. The molecule has 2 fully saturated rings. The lowest BCUT2D eigenvalue weighted by atomic mass is 9.94. The molecule has 85 heavy (non-hydrogen) atoms. The topological polar surface area (TPSA) is 261 Å². The lowest BCUT2D eigenvalue weighted by molar-refractivity contribution is -0.300. The van der Waals surface area contributed by atoms with Crippen LogP contribution in [0.5, 0.6) is 0 Å². The van der Waals surface area contributed by atoms with Gasteiger partial charge in [-0.2, -0.15) is 0 Å². The molecule has 0 aromatic rings. The van der Waals surface area contributed by atoms with Gasteiger partial charge >= 0.3 is 7.82 Å². The molecule has 0 aromatic carbocycles. The van der Waals surface area contributed by atoms with Crippen LogP contribution in [0, 0.1) is 0 Å². The smallest absolute Gasteiger partial charge is 0.396 e. The molecule has 8 N–H and O–H groups in total. The fraction of sp³-hybridized carbons (Fsp3) is 0.939. The first kappa shape index (κ1) is 79.5. The molecular weight excluding hydrogens is 1110 g/mol. The van der Waals surface area contributed by atoms with E-state index in [9.17, 15) is 44.4 Å². The Kier molecular flexibility index (Phi) is 48.7. The largest absolute Gasteiger partial charge is 0.472 e. The van der Waals surface area contributed by atoms with Gasteiger partial charge in [0.15, 0.2) is 12.6 Å². The third-order valence-corrected chi connectivity index (χ3v) is 17.3. The summed E-state index contributed by atoms with van der Waals surface area (Å²) in [5.41, 5.74) is 0. The summed E-state index contributed by atoms with van der Waals surface area (Å²) < 4.78 is 55.5. The van der Waals surface area contributed by atoms with E-state index in [1.54, 1.807) is 7.11 Å². The van der Waals surface area contributed by atoms with Crippen molar-refractivity contribution in [2.24, 2.45) is 0 Å². The van der Waals surface area contributed by atoms with Crippen LogP contribution >= 0.6 is 7.82 Å². The van der Waals surface area contributed by atoms with Crippen LogP contribution in [0.4, 0.5) is 0 Å². The first-order valence-electron chi connectivity index (χ1n) is 34.5. The first-order valence-corrected chi connectivity index (χ1v) is 36.1. The van der Waals surface area contributed by atoms with Gasteiger partial charge in [-0.3, -0.25) is 14.1 Å². The van der Waals surface area contributed by atoms with Crippen molar-refractivity contribution in [3.63, 3.8) is 0 Å². The summed E-state index contributed by atoms with van der Waals surface area (Å²) >= 11 is 0. The van der Waals surface area contributed by atoms with E-state index in [-0.39, 0.29) is 51.1 Å². The van der Waals surface area contributed by atoms with Gasteiger partial charge in [-0.15, -0.1) is 0 Å². The standard InChI is InChI=1S/C66H127N2O16P/c1-6-10-14-18-21-24-25-26-27-28-29-31-33-37-41-45-57(71)67-59-63(80-50-47-54(78-5)44-40-35-17-13-9-4)61(73)55(46-48-69)82-65(59)81-52-56-62(74)64(79-49-42-38-34-23-20-16-12-8-3)60(66(83-56)84-85(75,76)77)68-58(72)51-53(70)43-39-36-32-30-22-19-15-11-7-2/h24-25,53-56,59-66,69-70,73-74H,6-23,26-52H2,1-5H3,(H,67,71)(H,68,72)(H2,75,76,77)/b25-24-/t53?,54?,55-,56-,59-,60-,61-,62-,63-,64-,65-,66?/m1/s1. The van der Waals surface area contributed by atoms with Gasteiger partial charge in [0.25, 0.3) is 0 Å². The molecule has 502 valence electrons. The predicted octanol–water partition coefficient (Wildman–Crippen LogP) is 13.0. The second-order valence-corrected chi connectivity index (χ2v) is 25.7. The van der Waals surface area contributed by atoms with Crippen molar-refractivity contribution < 1.29 is 77.3 Å². The van der Waals surface area contributed by atoms with E-state index in [4.69, 9.17) is 32.9 Å². The van der Waals surface area contributed by atoms with Crippen molar-refractivity contribution in [1.29, 1.82) is 0 Å². The number of hydrogen-bond acceptors (Lipinski definition) is 14. The Labute approximate surface area is 515 Å². The number of unbranched alkanes of at least 4 members (excludes halogenated alkanes) is 30. The number of phosphoric ester groups is 1. The zero-order valence-corrected chi connectivity index (χ0v) is 55.0. The second-order valence-electron chi connectivity index (χ2n) is 24.5. The Morgan fingerprint density at radius 3 is 1.49 bits per heavy atom. The Bertz CT molecular complexity index is 1660. The maximum absolute atomic E-state index is 13.9. The molecule has 12 atom stereocenters. The number of aliphatic hydroxyl groups excluding tert-OH is 4.